The molecule has 0 saturated carbocycles. The van der Waals surface area contributed by atoms with E-state index in [1.165, 1.54) is 27.3 Å². The number of fused-ring (bicyclic) bond motifs is 5. The van der Waals surface area contributed by atoms with Crippen LogP contribution in [-0.2, 0) is 6.42 Å². The Morgan fingerprint density at radius 3 is 2.57 bits per heavy atom. The van der Waals surface area contributed by atoms with Crippen LogP contribution in [0, 0.1) is 5.41 Å². The van der Waals surface area contributed by atoms with E-state index in [0.717, 1.165) is 38.0 Å². The average Bonchev–Trinajstić information content (AvgIpc) is 3.11. The van der Waals surface area contributed by atoms with Crippen LogP contribution in [0.1, 0.15) is 11.1 Å². The summed E-state index contributed by atoms with van der Waals surface area (Å²) in [7, 11) is 2.12. The molecule has 1 spiro atoms. The number of hydrogen-bond donors (Lipinski definition) is 0. The van der Waals surface area contributed by atoms with Gasteiger partial charge in [-0.1, -0.05) is 42.5 Å². The molecule has 2 saturated heterocycles. The maximum absolute atomic E-state index is 12.5. The third-order valence-electron chi connectivity index (χ3n) is 6.48. The zero-order chi connectivity index (χ0) is 18.9. The number of ether oxygens (including phenoxy) is 1. The Hall–Kier alpha value is -2.85. The number of allylic oxidation sites excluding steroid dienone is 1. The van der Waals surface area contributed by atoms with Gasteiger partial charge in [-0.25, -0.2) is 4.79 Å². The minimum atomic E-state index is -0.232. The van der Waals surface area contributed by atoms with Gasteiger partial charge < -0.3 is 14.5 Å². The minimum Gasteiger partial charge on any atom is -0.410 e. The first-order valence-corrected chi connectivity index (χ1v) is 9.91. The molecule has 4 nitrogen and oxygen atoms in total. The van der Waals surface area contributed by atoms with E-state index in [2.05, 4.69) is 54.4 Å². The van der Waals surface area contributed by atoms with E-state index < -0.39 is 0 Å². The summed E-state index contributed by atoms with van der Waals surface area (Å²) in [5.74, 6) is 0.617. The number of likely N-dealkylation sites (tertiary alicyclic amines) is 2. The lowest BCUT2D eigenvalue weighted by atomic mass is 9.73. The fraction of sp³-hybridized carbons (Fsp3) is 0.292. The van der Waals surface area contributed by atoms with Crippen molar-refractivity contribution in [3.8, 4) is 5.75 Å². The van der Waals surface area contributed by atoms with E-state index in [4.69, 9.17) is 4.74 Å². The van der Waals surface area contributed by atoms with E-state index in [0.29, 0.717) is 11.2 Å². The smallest absolute Gasteiger partial charge is 0.410 e. The number of benzene rings is 3. The highest BCUT2D eigenvalue weighted by molar-refractivity contribution is 6.09. The zero-order valence-corrected chi connectivity index (χ0v) is 15.9. The SMILES string of the molecule is CN1CC2(C1)CN(C(=O)Oc1ccc3c(ccc4c5c(ccc43)C=CC5)c1)C2. The monoisotopic (exact) mass is 370 g/mol. The first-order valence-electron chi connectivity index (χ1n) is 9.91. The summed E-state index contributed by atoms with van der Waals surface area (Å²) in [5.41, 5.74) is 3.05. The second-order valence-corrected chi connectivity index (χ2v) is 8.68. The molecule has 3 aromatic rings. The lowest BCUT2D eigenvalue weighted by molar-refractivity contribution is -0.0891. The third-order valence-corrected chi connectivity index (χ3v) is 6.48. The summed E-state index contributed by atoms with van der Waals surface area (Å²) in [4.78, 5) is 16.6. The molecular formula is C24H22N2O2. The quantitative estimate of drug-likeness (QED) is 0.599. The van der Waals surface area contributed by atoms with Crippen molar-refractivity contribution in [2.45, 2.75) is 6.42 Å². The van der Waals surface area contributed by atoms with Crippen LogP contribution in [0.2, 0.25) is 0 Å². The van der Waals surface area contributed by atoms with E-state index in [1.807, 2.05) is 17.0 Å². The van der Waals surface area contributed by atoms with Crippen molar-refractivity contribution < 1.29 is 9.53 Å². The van der Waals surface area contributed by atoms with Gasteiger partial charge in [-0.2, -0.15) is 0 Å². The molecule has 0 N–H and O–H groups in total. The molecule has 28 heavy (non-hydrogen) atoms. The summed E-state index contributed by atoms with van der Waals surface area (Å²) in [6, 6.07) is 14.7. The van der Waals surface area contributed by atoms with Crippen LogP contribution in [0.5, 0.6) is 5.75 Å². The molecule has 6 rings (SSSR count). The Bertz CT molecular complexity index is 1170. The lowest BCUT2D eigenvalue weighted by Crippen LogP contribution is -2.72. The molecule has 140 valence electrons. The molecule has 1 aliphatic carbocycles. The number of amides is 1. The Morgan fingerprint density at radius 1 is 0.964 bits per heavy atom. The van der Waals surface area contributed by atoms with E-state index in [1.54, 1.807) is 0 Å². The van der Waals surface area contributed by atoms with Crippen molar-refractivity contribution in [3.63, 3.8) is 0 Å². The van der Waals surface area contributed by atoms with Crippen molar-refractivity contribution >= 4 is 33.7 Å². The van der Waals surface area contributed by atoms with Crippen molar-refractivity contribution in [1.82, 2.24) is 9.80 Å². The number of hydrogen-bond acceptors (Lipinski definition) is 3. The Labute approximate surface area is 164 Å². The van der Waals surface area contributed by atoms with Crippen LogP contribution < -0.4 is 4.74 Å². The summed E-state index contributed by atoms with van der Waals surface area (Å²) in [5, 5.41) is 4.88. The molecule has 2 aliphatic heterocycles. The van der Waals surface area contributed by atoms with Crippen molar-refractivity contribution in [3.05, 3.63) is 59.7 Å². The van der Waals surface area contributed by atoms with Crippen LogP contribution in [0.25, 0.3) is 27.6 Å². The predicted octanol–water partition coefficient (Wildman–Crippen LogP) is 4.31. The summed E-state index contributed by atoms with van der Waals surface area (Å²) in [6.45, 7) is 3.79. The van der Waals surface area contributed by atoms with Crippen molar-refractivity contribution in [2.75, 3.05) is 33.2 Å². The molecular weight excluding hydrogens is 348 g/mol. The standard InChI is InChI=1S/C24H22N2O2/c1-25-12-24(13-25)14-26(15-24)23(27)28-18-7-10-20-17(11-18)6-9-21-19-4-2-3-16(19)5-8-22(20)21/h2-3,5-11H,4,12-15H2,1H3. The van der Waals surface area contributed by atoms with E-state index in [9.17, 15) is 4.79 Å². The summed E-state index contributed by atoms with van der Waals surface area (Å²) in [6.07, 6.45) is 5.19. The molecule has 0 aromatic heterocycles. The minimum absolute atomic E-state index is 0.232. The normalized spacial score (nSPS) is 19.7. The van der Waals surface area contributed by atoms with Gasteiger partial charge in [0.25, 0.3) is 0 Å². The highest BCUT2D eigenvalue weighted by atomic mass is 16.6. The van der Waals surface area contributed by atoms with Gasteiger partial charge in [-0.3, -0.25) is 0 Å². The van der Waals surface area contributed by atoms with Crippen LogP contribution in [0.15, 0.2) is 48.5 Å². The van der Waals surface area contributed by atoms with Gasteiger partial charge in [-0.05, 0) is 58.3 Å². The van der Waals surface area contributed by atoms with E-state index in [-0.39, 0.29) is 6.09 Å². The second-order valence-electron chi connectivity index (χ2n) is 8.68. The van der Waals surface area contributed by atoms with Gasteiger partial charge in [0.1, 0.15) is 5.75 Å². The molecule has 3 aromatic carbocycles. The zero-order valence-electron chi connectivity index (χ0n) is 15.9. The fourth-order valence-corrected chi connectivity index (χ4v) is 5.31. The number of nitrogens with zero attached hydrogens (tertiary/aromatic N) is 2. The van der Waals surface area contributed by atoms with Crippen LogP contribution in [0.4, 0.5) is 4.79 Å². The molecule has 0 bridgehead atoms. The van der Waals surface area contributed by atoms with Crippen molar-refractivity contribution in [2.24, 2.45) is 5.41 Å². The van der Waals surface area contributed by atoms with Crippen LogP contribution in [0.3, 0.4) is 0 Å². The first kappa shape index (κ1) is 16.1. The summed E-state index contributed by atoms with van der Waals surface area (Å²) < 4.78 is 5.66. The molecule has 1 amide bonds. The van der Waals surface area contributed by atoms with Crippen LogP contribution in [-0.4, -0.2) is 49.1 Å². The van der Waals surface area contributed by atoms with Crippen LogP contribution >= 0.6 is 0 Å². The predicted molar refractivity (Wildman–Crippen MR) is 112 cm³/mol. The Balaban J connectivity index is 1.26. The van der Waals surface area contributed by atoms with Crippen molar-refractivity contribution in [1.29, 1.82) is 0 Å². The maximum atomic E-state index is 12.5. The highest BCUT2D eigenvalue weighted by Crippen LogP contribution is 2.39. The number of rotatable bonds is 1. The number of carbonyl (C=O) groups is 1. The van der Waals surface area contributed by atoms with E-state index >= 15 is 0 Å². The molecule has 0 unspecified atom stereocenters. The van der Waals surface area contributed by atoms with Gasteiger partial charge in [0, 0.05) is 31.6 Å². The average molecular weight is 370 g/mol. The largest absolute Gasteiger partial charge is 0.415 e. The van der Waals surface area contributed by atoms with Gasteiger partial charge in [0.2, 0.25) is 0 Å². The van der Waals surface area contributed by atoms with Gasteiger partial charge in [0.05, 0.1) is 0 Å². The molecule has 2 fully saturated rings. The molecule has 4 heteroatoms. The fourth-order valence-electron chi connectivity index (χ4n) is 5.31. The lowest BCUT2D eigenvalue weighted by Gasteiger charge is -2.58. The summed E-state index contributed by atoms with van der Waals surface area (Å²) >= 11 is 0. The molecule has 3 aliphatic rings. The highest BCUT2D eigenvalue weighted by Gasteiger charge is 2.52. The third kappa shape index (κ3) is 2.31. The topological polar surface area (TPSA) is 32.8 Å². The Morgan fingerprint density at radius 2 is 1.75 bits per heavy atom. The molecule has 0 radical (unpaired) electrons. The van der Waals surface area contributed by atoms with Gasteiger partial charge in [-0.15, -0.1) is 0 Å². The molecule has 0 atom stereocenters. The maximum Gasteiger partial charge on any atom is 0.415 e. The first-order chi connectivity index (χ1) is 13.6. The Kier molecular flexibility index (Phi) is 3.22. The molecule has 2 heterocycles. The van der Waals surface area contributed by atoms with Gasteiger partial charge >= 0.3 is 6.09 Å². The van der Waals surface area contributed by atoms with Gasteiger partial charge in [0.15, 0.2) is 0 Å². The second kappa shape index (κ2) is 5.58. The number of carbonyl (C=O) groups excluding carboxylic acids is 1.